The van der Waals surface area contributed by atoms with E-state index in [1.807, 2.05) is 12.1 Å². The van der Waals surface area contributed by atoms with Crippen molar-refractivity contribution in [2.75, 3.05) is 0 Å². The second kappa shape index (κ2) is 8.11. The fourth-order valence-electron chi connectivity index (χ4n) is 3.18. The average Bonchev–Trinajstić information content (AvgIpc) is 2.39. The summed E-state index contributed by atoms with van der Waals surface area (Å²) in [6.45, 7) is 0. The van der Waals surface area contributed by atoms with Crippen LogP contribution in [0.2, 0.25) is 0 Å². The largest absolute Gasteiger partial charge is 0.271 e. The second-order valence-corrected chi connectivity index (χ2v) is 6.73. The number of nitrogens with two attached hydrogens (primary N) is 1. The molecule has 4 heteroatoms. The van der Waals surface area contributed by atoms with Crippen LogP contribution in [0.4, 0.5) is 4.39 Å². The van der Waals surface area contributed by atoms with E-state index in [1.165, 1.54) is 51.0 Å². The Morgan fingerprint density at radius 1 is 1.20 bits per heavy atom. The summed E-state index contributed by atoms with van der Waals surface area (Å²) in [6.07, 6.45) is 9.60. The zero-order valence-corrected chi connectivity index (χ0v) is 13.5. The molecule has 1 atom stereocenters. The summed E-state index contributed by atoms with van der Waals surface area (Å²) in [6, 6.07) is 5.45. The van der Waals surface area contributed by atoms with Gasteiger partial charge in [0.15, 0.2) is 0 Å². The lowest BCUT2D eigenvalue weighted by Gasteiger charge is -2.28. The zero-order valence-electron chi connectivity index (χ0n) is 11.9. The van der Waals surface area contributed by atoms with Crippen molar-refractivity contribution in [2.24, 2.45) is 11.8 Å². The Morgan fingerprint density at radius 2 is 1.85 bits per heavy atom. The van der Waals surface area contributed by atoms with E-state index < -0.39 is 0 Å². The summed E-state index contributed by atoms with van der Waals surface area (Å²) in [7, 11) is 0. The first-order valence-electron chi connectivity index (χ1n) is 7.60. The molecule has 0 bridgehead atoms. The summed E-state index contributed by atoms with van der Waals surface area (Å²) in [5.41, 5.74) is 3.68. The van der Waals surface area contributed by atoms with Crippen LogP contribution >= 0.6 is 15.9 Å². The van der Waals surface area contributed by atoms with Crippen LogP contribution in [-0.4, -0.2) is 6.04 Å². The van der Waals surface area contributed by atoms with Crippen molar-refractivity contribution in [3.63, 3.8) is 0 Å². The maximum Gasteiger partial charge on any atom is 0.127 e. The minimum Gasteiger partial charge on any atom is -0.271 e. The number of rotatable bonds is 4. The molecule has 1 aromatic rings. The molecule has 0 amide bonds. The Kier molecular flexibility index (Phi) is 6.46. The molecule has 2 rings (SSSR count). The Balaban J connectivity index is 2.03. The lowest BCUT2D eigenvalue weighted by atomic mass is 9.83. The number of hydrogen-bond donors (Lipinski definition) is 2. The van der Waals surface area contributed by atoms with Gasteiger partial charge in [-0.05, 0) is 42.9 Å². The Labute approximate surface area is 129 Å². The van der Waals surface area contributed by atoms with Gasteiger partial charge in [0.25, 0.3) is 0 Å². The van der Waals surface area contributed by atoms with Gasteiger partial charge in [-0.1, -0.05) is 54.1 Å². The van der Waals surface area contributed by atoms with Crippen molar-refractivity contribution in [3.05, 3.63) is 34.1 Å². The lowest BCUT2D eigenvalue weighted by molar-refractivity contribution is 0.283. The van der Waals surface area contributed by atoms with Crippen LogP contribution in [-0.2, 0) is 6.42 Å². The normalized spacial score (nSPS) is 19.4. The maximum absolute atomic E-state index is 14.0. The number of halogens is 2. The van der Waals surface area contributed by atoms with Crippen LogP contribution < -0.4 is 11.3 Å². The van der Waals surface area contributed by atoms with E-state index in [1.54, 1.807) is 0 Å². The van der Waals surface area contributed by atoms with E-state index in [-0.39, 0.29) is 11.9 Å². The van der Waals surface area contributed by atoms with Gasteiger partial charge in [0, 0.05) is 10.5 Å². The molecule has 1 aliphatic carbocycles. The van der Waals surface area contributed by atoms with Crippen molar-refractivity contribution < 1.29 is 4.39 Å². The van der Waals surface area contributed by atoms with Gasteiger partial charge >= 0.3 is 0 Å². The van der Waals surface area contributed by atoms with Gasteiger partial charge in [-0.25, -0.2) is 4.39 Å². The predicted molar refractivity (Wildman–Crippen MR) is 84.7 cm³/mol. The summed E-state index contributed by atoms with van der Waals surface area (Å²) >= 11 is 3.29. The van der Waals surface area contributed by atoms with Crippen LogP contribution in [0, 0.1) is 11.7 Å². The fourth-order valence-corrected chi connectivity index (χ4v) is 3.51. The molecule has 3 N–H and O–H groups in total. The molecule has 0 spiro atoms. The third kappa shape index (κ3) is 4.54. The molecule has 112 valence electrons. The fraction of sp³-hybridized carbons (Fsp3) is 0.625. The first kappa shape index (κ1) is 15.9. The third-order valence-corrected chi connectivity index (χ3v) is 4.88. The quantitative estimate of drug-likeness (QED) is 0.631. The highest BCUT2D eigenvalue weighted by Gasteiger charge is 2.22. The molecule has 1 saturated carbocycles. The monoisotopic (exact) mass is 342 g/mol. The van der Waals surface area contributed by atoms with E-state index in [0.717, 1.165) is 10.0 Å². The number of hydrogen-bond acceptors (Lipinski definition) is 2. The van der Waals surface area contributed by atoms with Crippen LogP contribution in [0.3, 0.4) is 0 Å². The molecule has 1 aromatic carbocycles. The standard InChI is InChI=1S/C16H24BrFN2/c17-14-9-8-13(15(18)11-14)10-16(20-19)12-6-4-2-1-3-5-7-12/h8-9,11-12,16,20H,1-7,10,19H2. The van der Waals surface area contributed by atoms with Crippen molar-refractivity contribution in [3.8, 4) is 0 Å². The average molecular weight is 343 g/mol. The van der Waals surface area contributed by atoms with Gasteiger partial charge in [0.1, 0.15) is 5.82 Å². The number of benzene rings is 1. The minimum atomic E-state index is -0.148. The molecular weight excluding hydrogens is 319 g/mol. The zero-order chi connectivity index (χ0) is 14.4. The highest BCUT2D eigenvalue weighted by molar-refractivity contribution is 9.10. The van der Waals surface area contributed by atoms with Crippen molar-refractivity contribution >= 4 is 15.9 Å². The first-order valence-corrected chi connectivity index (χ1v) is 8.40. The highest BCUT2D eigenvalue weighted by Crippen LogP contribution is 2.27. The van der Waals surface area contributed by atoms with Crippen LogP contribution in [0.15, 0.2) is 22.7 Å². The van der Waals surface area contributed by atoms with E-state index in [2.05, 4.69) is 21.4 Å². The summed E-state index contributed by atoms with van der Waals surface area (Å²) < 4.78 is 14.7. The van der Waals surface area contributed by atoms with E-state index >= 15 is 0 Å². The molecule has 0 heterocycles. The SMILES string of the molecule is NNC(Cc1ccc(Br)cc1F)C1CCCCCCC1. The molecule has 0 saturated heterocycles. The van der Waals surface area contributed by atoms with Crippen molar-refractivity contribution in [1.82, 2.24) is 5.43 Å². The molecule has 1 aliphatic rings. The Morgan fingerprint density at radius 3 is 2.45 bits per heavy atom. The van der Waals surface area contributed by atoms with E-state index in [9.17, 15) is 4.39 Å². The van der Waals surface area contributed by atoms with Gasteiger partial charge in [0.05, 0.1) is 0 Å². The predicted octanol–water partition coefficient (Wildman–Crippen LogP) is 4.32. The van der Waals surface area contributed by atoms with Gasteiger partial charge in [-0.2, -0.15) is 0 Å². The summed E-state index contributed by atoms with van der Waals surface area (Å²) in [5.74, 6) is 6.15. The first-order chi connectivity index (χ1) is 9.70. The van der Waals surface area contributed by atoms with Crippen molar-refractivity contribution in [2.45, 2.75) is 57.4 Å². The topological polar surface area (TPSA) is 38.0 Å². The molecule has 20 heavy (non-hydrogen) atoms. The third-order valence-electron chi connectivity index (χ3n) is 4.39. The lowest BCUT2D eigenvalue weighted by Crippen LogP contribution is -2.43. The highest BCUT2D eigenvalue weighted by atomic mass is 79.9. The molecule has 0 aromatic heterocycles. The van der Waals surface area contributed by atoms with Gasteiger partial charge in [0.2, 0.25) is 0 Å². The van der Waals surface area contributed by atoms with Crippen LogP contribution in [0.1, 0.15) is 50.5 Å². The van der Waals surface area contributed by atoms with E-state index in [4.69, 9.17) is 5.84 Å². The Bertz CT molecular complexity index is 417. The maximum atomic E-state index is 14.0. The molecule has 1 unspecified atom stereocenters. The van der Waals surface area contributed by atoms with Crippen LogP contribution in [0.5, 0.6) is 0 Å². The summed E-state index contributed by atoms with van der Waals surface area (Å²) in [4.78, 5) is 0. The van der Waals surface area contributed by atoms with E-state index in [0.29, 0.717) is 12.3 Å². The number of nitrogens with one attached hydrogen (secondary N) is 1. The molecular formula is C16H24BrFN2. The Hall–Kier alpha value is -0.450. The van der Waals surface area contributed by atoms with Gasteiger partial charge < -0.3 is 0 Å². The molecule has 0 radical (unpaired) electrons. The second-order valence-electron chi connectivity index (χ2n) is 5.82. The molecule has 0 aliphatic heterocycles. The molecule has 2 nitrogen and oxygen atoms in total. The molecule has 1 fully saturated rings. The van der Waals surface area contributed by atoms with Gasteiger partial charge in [-0.15, -0.1) is 0 Å². The van der Waals surface area contributed by atoms with Crippen LogP contribution in [0.25, 0.3) is 0 Å². The van der Waals surface area contributed by atoms with Gasteiger partial charge in [-0.3, -0.25) is 11.3 Å². The minimum absolute atomic E-state index is 0.148. The smallest absolute Gasteiger partial charge is 0.127 e. The van der Waals surface area contributed by atoms with Crippen molar-refractivity contribution in [1.29, 1.82) is 0 Å². The summed E-state index contributed by atoms with van der Waals surface area (Å²) in [5, 5.41) is 0. The number of hydrazine groups is 1.